The lowest BCUT2D eigenvalue weighted by molar-refractivity contribution is 0.101. The first-order chi connectivity index (χ1) is 8.86. The van der Waals surface area contributed by atoms with Gasteiger partial charge in [-0.15, -0.1) is 0 Å². The molecule has 3 rings (SSSR count). The zero-order valence-electron chi connectivity index (χ0n) is 9.48. The summed E-state index contributed by atoms with van der Waals surface area (Å²) in [7, 11) is 0. The molecule has 2 aromatic heterocycles. The van der Waals surface area contributed by atoms with Gasteiger partial charge in [-0.3, -0.25) is 4.79 Å². The van der Waals surface area contributed by atoms with Crippen molar-refractivity contribution >= 4 is 5.78 Å². The Hall–Kier alpha value is -2.62. The third kappa shape index (κ3) is 1.73. The van der Waals surface area contributed by atoms with E-state index in [0.29, 0.717) is 11.3 Å². The van der Waals surface area contributed by atoms with Crippen LogP contribution < -0.4 is 0 Å². The standard InChI is InChI=1S/C14H10N2O2/c17-14(13-7-3-10-18-13)11-5-1-2-6-12(11)16-9-4-8-15-16/h1-10H. The van der Waals surface area contributed by atoms with Crippen molar-refractivity contribution in [3.05, 3.63) is 72.4 Å². The average molecular weight is 238 g/mol. The van der Waals surface area contributed by atoms with Gasteiger partial charge in [0.2, 0.25) is 5.78 Å². The topological polar surface area (TPSA) is 48.0 Å². The first kappa shape index (κ1) is 10.5. The summed E-state index contributed by atoms with van der Waals surface area (Å²) in [6, 6.07) is 12.5. The van der Waals surface area contributed by atoms with Gasteiger partial charge in [-0.1, -0.05) is 12.1 Å². The van der Waals surface area contributed by atoms with Crippen LogP contribution in [0.1, 0.15) is 16.1 Å². The Morgan fingerprint density at radius 1 is 1.11 bits per heavy atom. The second-order valence-corrected chi connectivity index (χ2v) is 3.77. The van der Waals surface area contributed by atoms with Crippen molar-refractivity contribution in [1.82, 2.24) is 9.78 Å². The maximum atomic E-state index is 12.3. The molecule has 18 heavy (non-hydrogen) atoms. The Kier molecular flexibility index (Phi) is 2.53. The van der Waals surface area contributed by atoms with E-state index in [1.165, 1.54) is 6.26 Å². The van der Waals surface area contributed by atoms with Crippen molar-refractivity contribution in [2.45, 2.75) is 0 Å². The zero-order chi connectivity index (χ0) is 12.4. The molecular weight excluding hydrogens is 228 g/mol. The smallest absolute Gasteiger partial charge is 0.230 e. The quantitative estimate of drug-likeness (QED) is 0.659. The largest absolute Gasteiger partial charge is 0.461 e. The molecule has 0 aliphatic heterocycles. The molecule has 4 nitrogen and oxygen atoms in total. The predicted octanol–water partition coefficient (Wildman–Crippen LogP) is 2.70. The van der Waals surface area contributed by atoms with Crippen molar-refractivity contribution in [3.63, 3.8) is 0 Å². The van der Waals surface area contributed by atoms with Crippen molar-refractivity contribution in [2.75, 3.05) is 0 Å². The molecule has 0 aliphatic carbocycles. The van der Waals surface area contributed by atoms with E-state index in [1.54, 1.807) is 35.3 Å². The van der Waals surface area contributed by atoms with E-state index in [9.17, 15) is 4.79 Å². The number of carbonyl (C=O) groups excluding carboxylic acids is 1. The minimum atomic E-state index is -0.147. The maximum Gasteiger partial charge on any atom is 0.230 e. The van der Waals surface area contributed by atoms with E-state index in [0.717, 1.165) is 5.69 Å². The van der Waals surface area contributed by atoms with Crippen molar-refractivity contribution in [3.8, 4) is 5.69 Å². The monoisotopic (exact) mass is 238 g/mol. The highest BCUT2D eigenvalue weighted by molar-refractivity contribution is 6.09. The molecule has 4 heteroatoms. The summed E-state index contributed by atoms with van der Waals surface area (Å²) in [6.45, 7) is 0. The number of benzene rings is 1. The van der Waals surface area contributed by atoms with Crippen molar-refractivity contribution < 1.29 is 9.21 Å². The highest BCUT2D eigenvalue weighted by Gasteiger charge is 2.16. The minimum absolute atomic E-state index is 0.147. The molecular formula is C14H10N2O2. The van der Waals surface area contributed by atoms with Crippen LogP contribution in [0.4, 0.5) is 0 Å². The number of para-hydroxylation sites is 1. The van der Waals surface area contributed by atoms with Gasteiger partial charge in [0.15, 0.2) is 5.76 Å². The lowest BCUT2D eigenvalue weighted by Gasteiger charge is -2.06. The molecule has 1 aromatic carbocycles. The van der Waals surface area contributed by atoms with Crippen LogP contribution in [0.2, 0.25) is 0 Å². The molecule has 3 aromatic rings. The molecule has 0 N–H and O–H groups in total. The molecule has 0 atom stereocenters. The van der Waals surface area contributed by atoms with Gasteiger partial charge in [0, 0.05) is 12.4 Å². The molecule has 0 saturated heterocycles. The molecule has 0 saturated carbocycles. The lowest BCUT2D eigenvalue weighted by Crippen LogP contribution is -2.06. The fraction of sp³-hybridized carbons (Fsp3) is 0. The molecule has 0 radical (unpaired) electrons. The minimum Gasteiger partial charge on any atom is -0.461 e. The summed E-state index contributed by atoms with van der Waals surface area (Å²) in [5.74, 6) is 0.181. The summed E-state index contributed by atoms with van der Waals surface area (Å²) in [5, 5.41) is 4.14. The van der Waals surface area contributed by atoms with E-state index in [1.807, 2.05) is 24.3 Å². The van der Waals surface area contributed by atoms with Crippen molar-refractivity contribution in [1.29, 1.82) is 0 Å². The number of furan rings is 1. The van der Waals surface area contributed by atoms with Crippen LogP contribution in [0.5, 0.6) is 0 Å². The molecule has 2 heterocycles. The predicted molar refractivity (Wildman–Crippen MR) is 65.7 cm³/mol. The van der Waals surface area contributed by atoms with Gasteiger partial charge >= 0.3 is 0 Å². The number of aromatic nitrogens is 2. The number of hydrogen-bond acceptors (Lipinski definition) is 3. The average Bonchev–Trinajstić information content (AvgIpc) is 3.11. The van der Waals surface area contributed by atoms with Gasteiger partial charge in [0.25, 0.3) is 0 Å². The summed E-state index contributed by atoms with van der Waals surface area (Å²) in [4.78, 5) is 12.3. The number of ketones is 1. The van der Waals surface area contributed by atoms with Crippen LogP contribution in [-0.2, 0) is 0 Å². The van der Waals surface area contributed by atoms with Gasteiger partial charge in [-0.25, -0.2) is 4.68 Å². The second-order valence-electron chi connectivity index (χ2n) is 3.77. The molecule has 0 bridgehead atoms. The Morgan fingerprint density at radius 2 is 2.00 bits per heavy atom. The van der Waals surface area contributed by atoms with Gasteiger partial charge in [-0.2, -0.15) is 5.10 Å². The Bertz CT molecular complexity index is 655. The SMILES string of the molecule is O=C(c1ccco1)c1ccccc1-n1cccn1. The van der Waals surface area contributed by atoms with Gasteiger partial charge < -0.3 is 4.42 Å². The second kappa shape index (κ2) is 4.33. The zero-order valence-corrected chi connectivity index (χ0v) is 9.48. The summed E-state index contributed by atoms with van der Waals surface area (Å²) in [6.07, 6.45) is 4.96. The Balaban J connectivity index is 2.10. The summed E-state index contributed by atoms with van der Waals surface area (Å²) < 4.78 is 6.81. The van der Waals surface area contributed by atoms with Gasteiger partial charge in [-0.05, 0) is 30.3 Å². The fourth-order valence-corrected chi connectivity index (χ4v) is 1.82. The van der Waals surface area contributed by atoms with Crippen LogP contribution in [0.3, 0.4) is 0 Å². The number of nitrogens with zero attached hydrogens (tertiary/aromatic N) is 2. The molecule has 0 fully saturated rings. The maximum absolute atomic E-state index is 12.3. The molecule has 0 spiro atoms. The third-order valence-corrected chi connectivity index (χ3v) is 2.64. The summed E-state index contributed by atoms with van der Waals surface area (Å²) in [5.41, 5.74) is 1.31. The molecule has 0 amide bonds. The summed E-state index contributed by atoms with van der Waals surface area (Å²) >= 11 is 0. The van der Waals surface area contributed by atoms with E-state index in [-0.39, 0.29) is 5.78 Å². The number of rotatable bonds is 3. The highest BCUT2D eigenvalue weighted by atomic mass is 16.3. The Morgan fingerprint density at radius 3 is 2.72 bits per heavy atom. The molecule has 88 valence electrons. The normalized spacial score (nSPS) is 10.4. The Labute approximate surface area is 103 Å². The van der Waals surface area contributed by atoms with Gasteiger partial charge in [0.1, 0.15) is 0 Å². The van der Waals surface area contributed by atoms with Crippen molar-refractivity contribution in [2.24, 2.45) is 0 Å². The van der Waals surface area contributed by atoms with E-state index >= 15 is 0 Å². The van der Waals surface area contributed by atoms with Gasteiger partial charge in [0.05, 0.1) is 17.5 Å². The van der Waals surface area contributed by atoms with Crippen LogP contribution >= 0.6 is 0 Å². The lowest BCUT2D eigenvalue weighted by atomic mass is 10.1. The van der Waals surface area contributed by atoms with E-state index in [4.69, 9.17) is 4.42 Å². The van der Waals surface area contributed by atoms with E-state index in [2.05, 4.69) is 5.10 Å². The molecule has 0 aliphatic rings. The highest BCUT2D eigenvalue weighted by Crippen LogP contribution is 2.18. The van der Waals surface area contributed by atoms with E-state index < -0.39 is 0 Å². The fourth-order valence-electron chi connectivity index (χ4n) is 1.82. The molecule has 0 unspecified atom stereocenters. The van der Waals surface area contributed by atoms with Crippen LogP contribution in [0.15, 0.2) is 65.5 Å². The van der Waals surface area contributed by atoms with Crippen LogP contribution in [0, 0.1) is 0 Å². The first-order valence-corrected chi connectivity index (χ1v) is 5.53. The van der Waals surface area contributed by atoms with Crippen LogP contribution in [0.25, 0.3) is 5.69 Å². The third-order valence-electron chi connectivity index (χ3n) is 2.64. The number of carbonyl (C=O) groups is 1. The van der Waals surface area contributed by atoms with Crippen LogP contribution in [-0.4, -0.2) is 15.6 Å². The first-order valence-electron chi connectivity index (χ1n) is 5.53. The number of hydrogen-bond donors (Lipinski definition) is 0.